The van der Waals surface area contributed by atoms with Gasteiger partial charge >= 0.3 is 5.97 Å². The lowest BCUT2D eigenvalue weighted by molar-refractivity contribution is 0.0600. The Bertz CT molecular complexity index is 418. The van der Waals surface area contributed by atoms with Crippen LogP contribution in [0.2, 0.25) is 0 Å². The van der Waals surface area contributed by atoms with Crippen molar-refractivity contribution < 1.29 is 19.0 Å². The first kappa shape index (κ1) is 14.3. The minimum atomic E-state index is -0.398. The molecule has 2 N–H and O–H groups in total. The molecule has 0 aliphatic heterocycles. The van der Waals surface area contributed by atoms with Crippen LogP contribution in [0.3, 0.4) is 0 Å². The number of benzene rings is 1. The summed E-state index contributed by atoms with van der Waals surface area (Å²) in [4.78, 5) is 11.6. The fourth-order valence-corrected chi connectivity index (χ4v) is 1.76. The van der Waals surface area contributed by atoms with Crippen molar-refractivity contribution in [2.75, 3.05) is 27.9 Å². The maximum absolute atomic E-state index is 11.6. The van der Waals surface area contributed by atoms with Gasteiger partial charge in [0.2, 0.25) is 0 Å². The van der Waals surface area contributed by atoms with E-state index in [4.69, 9.17) is 19.9 Å². The van der Waals surface area contributed by atoms with Crippen molar-refractivity contribution in [3.63, 3.8) is 0 Å². The topological polar surface area (TPSA) is 70.8 Å². The summed E-state index contributed by atoms with van der Waals surface area (Å²) in [5.74, 6) is 0.760. The molecule has 0 saturated carbocycles. The Morgan fingerprint density at radius 2 is 1.94 bits per heavy atom. The lowest BCUT2D eigenvalue weighted by Gasteiger charge is -2.14. The highest BCUT2D eigenvalue weighted by Gasteiger charge is 2.16. The molecule has 0 radical (unpaired) electrons. The molecule has 18 heavy (non-hydrogen) atoms. The van der Waals surface area contributed by atoms with Gasteiger partial charge in [-0.25, -0.2) is 4.79 Å². The summed E-state index contributed by atoms with van der Waals surface area (Å²) in [5.41, 5.74) is 6.84. The molecule has 100 valence electrons. The monoisotopic (exact) mass is 253 g/mol. The van der Waals surface area contributed by atoms with Gasteiger partial charge in [-0.15, -0.1) is 0 Å². The number of hydrogen-bond donors (Lipinski definition) is 1. The van der Waals surface area contributed by atoms with Gasteiger partial charge in [0.15, 0.2) is 11.5 Å². The number of ether oxygens (including phenoxy) is 3. The predicted octanol–water partition coefficient (Wildman–Crippen LogP) is 1.38. The largest absolute Gasteiger partial charge is 0.493 e. The molecule has 0 unspecified atom stereocenters. The second kappa shape index (κ2) is 6.86. The van der Waals surface area contributed by atoms with E-state index in [9.17, 15) is 4.79 Å². The molecule has 5 heteroatoms. The van der Waals surface area contributed by atoms with Crippen LogP contribution in [0.4, 0.5) is 0 Å². The van der Waals surface area contributed by atoms with Crippen LogP contribution in [0.1, 0.15) is 22.3 Å². The molecule has 0 atom stereocenters. The number of methoxy groups -OCH3 is 3. The van der Waals surface area contributed by atoms with Crippen LogP contribution < -0.4 is 15.2 Å². The van der Waals surface area contributed by atoms with Gasteiger partial charge < -0.3 is 19.9 Å². The summed E-state index contributed by atoms with van der Waals surface area (Å²) in [5, 5.41) is 0. The van der Waals surface area contributed by atoms with E-state index in [0.717, 1.165) is 18.4 Å². The summed E-state index contributed by atoms with van der Waals surface area (Å²) in [7, 11) is 4.45. The number of hydrogen-bond acceptors (Lipinski definition) is 5. The van der Waals surface area contributed by atoms with Crippen LogP contribution >= 0.6 is 0 Å². The molecule has 1 rings (SSSR count). The van der Waals surface area contributed by atoms with Crippen LogP contribution in [0, 0.1) is 0 Å². The fourth-order valence-electron chi connectivity index (χ4n) is 1.76. The van der Waals surface area contributed by atoms with Crippen molar-refractivity contribution in [2.45, 2.75) is 12.8 Å². The molecule has 0 aliphatic rings. The highest BCUT2D eigenvalue weighted by Crippen LogP contribution is 2.33. The van der Waals surface area contributed by atoms with E-state index in [-0.39, 0.29) is 0 Å². The van der Waals surface area contributed by atoms with Gasteiger partial charge in [-0.05, 0) is 37.1 Å². The number of carbonyl (C=O) groups is 1. The number of esters is 1. The molecule has 0 amide bonds. The van der Waals surface area contributed by atoms with E-state index in [1.807, 2.05) is 0 Å². The van der Waals surface area contributed by atoms with Crippen molar-refractivity contribution in [2.24, 2.45) is 5.73 Å². The van der Waals surface area contributed by atoms with E-state index in [1.54, 1.807) is 19.2 Å². The van der Waals surface area contributed by atoms with Gasteiger partial charge in [-0.2, -0.15) is 0 Å². The molecule has 0 spiro atoms. The lowest BCUT2D eigenvalue weighted by atomic mass is 10.0. The minimum Gasteiger partial charge on any atom is -0.493 e. The lowest BCUT2D eigenvalue weighted by Crippen LogP contribution is -2.06. The van der Waals surface area contributed by atoms with E-state index in [1.165, 1.54) is 14.2 Å². The van der Waals surface area contributed by atoms with Gasteiger partial charge in [-0.3, -0.25) is 0 Å². The van der Waals surface area contributed by atoms with Crippen LogP contribution in [-0.4, -0.2) is 33.8 Å². The molecule has 0 fully saturated rings. The van der Waals surface area contributed by atoms with Gasteiger partial charge in [0.1, 0.15) is 0 Å². The predicted molar refractivity (Wildman–Crippen MR) is 68.3 cm³/mol. The Kier molecular flexibility index (Phi) is 5.45. The average Bonchev–Trinajstić information content (AvgIpc) is 2.42. The standard InChI is InChI=1S/C13H19NO4/c1-16-11-8-10(13(15)18-3)7-9(5-4-6-14)12(11)17-2/h7-8H,4-6,14H2,1-3H3. The minimum absolute atomic E-state index is 0.398. The van der Waals surface area contributed by atoms with Crippen LogP contribution in [0.5, 0.6) is 11.5 Å². The molecule has 5 nitrogen and oxygen atoms in total. The molecular formula is C13H19NO4. The van der Waals surface area contributed by atoms with E-state index in [2.05, 4.69) is 0 Å². The number of nitrogens with two attached hydrogens (primary N) is 1. The molecular weight excluding hydrogens is 234 g/mol. The molecule has 0 saturated heterocycles. The zero-order chi connectivity index (χ0) is 13.5. The summed E-state index contributed by atoms with van der Waals surface area (Å²) >= 11 is 0. The third-order valence-electron chi connectivity index (χ3n) is 2.63. The van der Waals surface area contributed by atoms with Gasteiger partial charge in [-0.1, -0.05) is 0 Å². The van der Waals surface area contributed by atoms with Crippen LogP contribution in [-0.2, 0) is 11.2 Å². The van der Waals surface area contributed by atoms with E-state index >= 15 is 0 Å². The molecule has 1 aromatic carbocycles. The Balaban J connectivity index is 3.21. The fraction of sp³-hybridized carbons (Fsp3) is 0.462. The normalized spacial score (nSPS) is 10.0. The number of rotatable bonds is 6. The maximum Gasteiger partial charge on any atom is 0.337 e. The van der Waals surface area contributed by atoms with E-state index in [0.29, 0.717) is 23.6 Å². The highest BCUT2D eigenvalue weighted by atomic mass is 16.5. The SMILES string of the molecule is COC(=O)c1cc(CCCN)c(OC)c(OC)c1. The van der Waals surface area contributed by atoms with Gasteiger partial charge in [0, 0.05) is 0 Å². The molecule has 0 aromatic heterocycles. The van der Waals surface area contributed by atoms with E-state index < -0.39 is 5.97 Å². The van der Waals surface area contributed by atoms with Gasteiger partial charge in [0.05, 0.1) is 26.9 Å². The quantitative estimate of drug-likeness (QED) is 0.775. The first-order valence-electron chi connectivity index (χ1n) is 5.71. The second-order valence-corrected chi connectivity index (χ2v) is 3.75. The molecule has 0 aliphatic carbocycles. The number of carbonyl (C=O) groups excluding carboxylic acids is 1. The third kappa shape index (κ3) is 3.13. The zero-order valence-corrected chi connectivity index (χ0v) is 11.0. The highest BCUT2D eigenvalue weighted by molar-refractivity contribution is 5.90. The zero-order valence-electron chi connectivity index (χ0n) is 11.0. The van der Waals surface area contributed by atoms with Gasteiger partial charge in [0.25, 0.3) is 0 Å². The average molecular weight is 253 g/mol. The molecule has 0 bridgehead atoms. The first-order chi connectivity index (χ1) is 8.67. The summed E-state index contributed by atoms with van der Waals surface area (Å²) < 4.78 is 15.3. The number of aryl methyl sites for hydroxylation is 1. The van der Waals surface area contributed by atoms with Crippen molar-refractivity contribution in [1.82, 2.24) is 0 Å². The first-order valence-corrected chi connectivity index (χ1v) is 5.71. The Morgan fingerprint density at radius 3 is 2.44 bits per heavy atom. The Labute approximate surface area is 107 Å². The second-order valence-electron chi connectivity index (χ2n) is 3.75. The maximum atomic E-state index is 11.6. The van der Waals surface area contributed by atoms with Crippen molar-refractivity contribution in [3.05, 3.63) is 23.3 Å². The Hall–Kier alpha value is -1.75. The summed E-state index contributed by atoms with van der Waals surface area (Å²) in [6, 6.07) is 3.36. The van der Waals surface area contributed by atoms with Crippen LogP contribution in [0.15, 0.2) is 12.1 Å². The van der Waals surface area contributed by atoms with Crippen molar-refractivity contribution in [3.8, 4) is 11.5 Å². The smallest absolute Gasteiger partial charge is 0.337 e. The Morgan fingerprint density at radius 1 is 1.22 bits per heavy atom. The third-order valence-corrected chi connectivity index (χ3v) is 2.63. The summed E-state index contributed by atoms with van der Waals surface area (Å²) in [6.07, 6.45) is 1.53. The van der Waals surface area contributed by atoms with Crippen LogP contribution in [0.25, 0.3) is 0 Å². The van der Waals surface area contributed by atoms with Crippen molar-refractivity contribution in [1.29, 1.82) is 0 Å². The van der Waals surface area contributed by atoms with Crippen molar-refractivity contribution >= 4 is 5.97 Å². The summed E-state index contributed by atoms with van der Waals surface area (Å²) in [6.45, 7) is 0.577. The molecule has 1 aromatic rings. The molecule has 0 heterocycles.